The summed E-state index contributed by atoms with van der Waals surface area (Å²) in [5.74, 6) is 0.870. The second kappa shape index (κ2) is 5.82. The second-order valence-corrected chi connectivity index (χ2v) is 4.72. The molecule has 2 rings (SSSR count). The van der Waals surface area contributed by atoms with E-state index in [9.17, 15) is 4.79 Å². The largest absolute Gasteiger partial charge is 0.357 e. The maximum absolute atomic E-state index is 11.4. The smallest absolute Gasteiger partial charge is 0.236 e. The van der Waals surface area contributed by atoms with Gasteiger partial charge in [-0.1, -0.05) is 0 Å². The average Bonchev–Trinajstić information content (AvgIpc) is 2.90. The molecule has 0 saturated carbocycles. The van der Waals surface area contributed by atoms with E-state index in [-0.39, 0.29) is 5.91 Å². The number of pyridine rings is 1. The lowest BCUT2D eigenvalue weighted by Crippen LogP contribution is -2.37. The fourth-order valence-corrected chi connectivity index (χ4v) is 2.04. The van der Waals surface area contributed by atoms with Gasteiger partial charge in [-0.3, -0.25) is 4.79 Å². The van der Waals surface area contributed by atoms with E-state index in [1.54, 1.807) is 13.1 Å². The van der Waals surface area contributed by atoms with Crippen molar-refractivity contribution in [3.63, 3.8) is 0 Å². The van der Waals surface area contributed by atoms with Crippen LogP contribution in [-0.2, 0) is 11.3 Å². The third-order valence-electron chi connectivity index (χ3n) is 3.12. The molecule has 1 atom stereocenters. The molecule has 1 aliphatic heterocycles. The molecule has 1 saturated heterocycles. The molecule has 1 fully saturated rings. The summed E-state index contributed by atoms with van der Waals surface area (Å²) in [5, 5.41) is 2.81. The molecular weight excluding hydrogens is 228 g/mol. The normalized spacial score (nSPS) is 16.7. The third-order valence-corrected chi connectivity index (χ3v) is 3.12. The van der Waals surface area contributed by atoms with Crippen LogP contribution < -0.4 is 16.0 Å². The van der Waals surface area contributed by atoms with Gasteiger partial charge in [0.15, 0.2) is 0 Å². The van der Waals surface area contributed by atoms with Gasteiger partial charge in [0.2, 0.25) is 5.91 Å². The predicted molar refractivity (Wildman–Crippen MR) is 71.2 cm³/mol. The Morgan fingerprint density at radius 3 is 2.94 bits per heavy atom. The van der Waals surface area contributed by atoms with Crippen molar-refractivity contribution in [3.05, 3.63) is 23.9 Å². The summed E-state index contributed by atoms with van der Waals surface area (Å²) in [4.78, 5) is 18.0. The molecule has 1 unspecified atom stereocenters. The zero-order valence-electron chi connectivity index (χ0n) is 10.7. The van der Waals surface area contributed by atoms with Gasteiger partial charge in [-0.25, -0.2) is 4.98 Å². The van der Waals surface area contributed by atoms with Gasteiger partial charge in [-0.2, -0.15) is 0 Å². The molecule has 0 bridgehead atoms. The number of amides is 1. The molecule has 3 N–H and O–H groups in total. The zero-order chi connectivity index (χ0) is 13.0. The van der Waals surface area contributed by atoms with Crippen LogP contribution in [0.1, 0.15) is 25.3 Å². The van der Waals surface area contributed by atoms with Crippen LogP contribution in [0.5, 0.6) is 0 Å². The number of rotatable bonds is 4. The van der Waals surface area contributed by atoms with E-state index in [0.717, 1.165) is 24.5 Å². The van der Waals surface area contributed by atoms with Gasteiger partial charge >= 0.3 is 0 Å². The van der Waals surface area contributed by atoms with Crippen LogP contribution >= 0.6 is 0 Å². The Kier molecular flexibility index (Phi) is 4.15. The number of carbonyl (C=O) groups is 1. The Hall–Kier alpha value is -1.62. The van der Waals surface area contributed by atoms with Gasteiger partial charge in [-0.05, 0) is 37.5 Å². The Morgan fingerprint density at radius 2 is 2.28 bits per heavy atom. The van der Waals surface area contributed by atoms with Gasteiger partial charge in [0.05, 0.1) is 6.04 Å². The molecule has 0 aromatic carbocycles. The Bertz CT molecular complexity index is 413. The monoisotopic (exact) mass is 248 g/mol. The van der Waals surface area contributed by atoms with E-state index in [4.69, 9.17) is 5.73 Å². The van der Waals surface area contributed by atoms with Crippen molar-refractivity contribution >= 4 is 11.7 Å². The van der Waals surface area contributed by atoms with Crippen molar-refractivity contribution in [2.45, 2.75) is 32.4 Å². The third kappa shape index (κ3) is 3.20. The molecule has 0 aliphatic carbocycles. The van der Waals surface area contributed by atoms with Gasteiger partial charge in [0, 0.05) is 25.8 Å². The standard InChI is InChI=1S/C13H20N4O/c1-10(14)13(18)16-9-11-4-5-15-12(8-11)17-6-2-3-7-17/h4-5,8,10H,2-3,6-7,9,14H2,1H3,(H,16,18). The molecule has 1 aromatic heterocycles. The van der Waals surface area contributed by atoms with Crippen molar-refractivity contribution in [1.82, 2.24) is 10.3 Å². The Balaban J connectivity index is 1.96. The molecule has 1 aromatic rings. The highest BCUT2D eigenvalue weighted by Gasteiger charge is 2.13. The summed E-state index contributed by atoms with van der Waals surface area (Å²) in [6.07, 6.45) is 4.25. The van der Waals surface area contributed by atoms with Crippen molar-refractivity contribution in [3.8, 4) is 0 Å². The highest BCUT2D eigenvalue weighted by molar-refractivity contribution is 5.80. The van der Waals surface area contributed by atoms with Crippen LogP contribution in [0, 0.1) is 0 Å². The number of nitrogens with zero attached hydrogens (tertiary/aromatic N) is 2. The molecule has 2 heterocycles. The van der Waals surface area contributed by atoms with Crippen molar-refractivity contribution < 1.29 is 4.79 Å². The summed E-state index contributed by atoms with van der Waals surface area (Å²) in [6, 6.07) is 3.48. The van der Waals surface area contributed by atoms with Crippen LogP contribution in [0.4, 0.5) is 5.82 Å². The molecule has 5 nitrogen and oxygen atoms in total. The first-order valence-electron chi connectivity index (χ1n) is 6.40. The molecule has 98 valence electrons. The summed E-state index contributed by atoms with van der Waals surface area (Å²) in [7, 11) is 0. The van der Waals surface area contributed by atoms with Crippen molar-refractivity contribution in [2.24, 2.45) is 5.73 Å². The molecular formula is C13H20N4O. The average molecular weight is 248 g/mol. The minimum absolute atomic E-state index is 0.130. The Labute approximate surface area is 107 Å². The number of aromatic nitrogens is 1. The summed E-state index contributed by atoms with van der Waals surface area (Å²) in [6.45, 7) is 4.33. The summed E-state index contributed by atoms with van der Waals surface area (Å²) in [5.41, 5.74) is 6.55. The number of hydrogen-bond acceptors (Lipinski definition) is 4. The minimum atomic E-state index is -0.468. The zero-order valence-corrected chi connectivity index (χ0v) is 10.7. The van der Waals surface area contributed by atoms with Crippen LogP contribution in [0.25, 0.3) is 0 Å². The molecule has 0 spiro atoms. The number of carbonyl (C=O) groups excluding carboxylic acids is 1. The van der Waals surface area contributed by atoms with Gasteiger partial charge in [0.25, 0.3) is 0 Å². The van der Waals surface area contributed by atoms with Crippen molar-refractivity contribution in [2.75, 3.05) is 18.0 Å². The molecule has 5 heteroatoms. The highest BCUT2D eigenvalue weighted by Crippen LogP contribution is 2.18. The van der Waals surface area contributed by atoms with Gasteiger partial charge in [0.1, 0.15) is 5.82 Å². The number of nitrogens with one attached hydrogen (secondary N) is 1. The molecule has 0 radical (unpaired) electrons. The van der Waals surface area contributed by atoms with E-state index < -0.39 is 6.04 Å². The van der Waals surface area contributed by atoms with E-state index in [1.165, 1.54) is 12.8 Å². The fraction of sp³-hybridized carbons (Fsp3) is 0.538. The van der Waals surface area contributed by atoms with Gasteiger partial charge in [-0.15, -0.1) is 0 Å². The fourth-order valence-electron chi connectivity index (χ4n) is 2.04. The first-order valence-corrected chi connectivity index (χ1v) is 6.40. The van der Waals surface area contributed by atoms with Gasteiger partial charge < -0.3 is 16.0 Å². The topological polar surface area (TPSA) is 71.2 Å². The number of anilines is 1. The maximum Gasteiger partial charge on any atom is 0.236 e. The molecule has 1 amide bonds. The SMILES string of the molecule is CC(N)C(=O)NCc1ccnc(N2CCCC2)c1. The first kappa shape index (κ1) is 12.8. The van der Waals surface area contributed by atoms with Crippen molar-refractivity contribution in [1.29, 1.82) is 0 Å². The van der Waals surface area contributed by atoms with E-state index >= 15 is 0 Å². The lowest BCUT2D eigenvalue weighted by Gasteiger charge is -2.17. The maximum atomic E-state index is 11.4. The highest BCUT2D eigenvalue weighted by atomic mass is 16.2. The Morgan fingerprint density at radius 1 is 1.56 bits per heavy atom. The minimum Gasteiger partial charge on any atom is -0.357 e. The van der Waals surface area contributed by atoms with E-state index in [0.29, 0.717) is 6.54 Å². The quantitative estimate of drug-likeness (QED) is 0.820. The molecule has 1 aliphatic rings. The van der Waals surface area contributed by atoms with E-state index in [1.807, 2.05) is 12.1 Å². The van der Waals surface area contributed by atoms with Crippen LogP contribution in [0.3, 0.4) is 0 Å². The lowest BCUT2D eigenvalue weighted by atomic mass is 10.2. The summed E-state index contributed by atoms with van der Waals surface area (Å²) >= 11 is 0. The van der Waals surface area contributed by atoms with Crippen LogP contribution in [-0.4, -0.2) is 30.0 Å². The summed E-state index contributed by atoms with van der Waals surface area (Å²) < 4.78 is 0. The predicted octanol–water partition coefficient (Wildman–Crippen LogP) is 0.645. The second-order valence-electron chi connectivity index (χ2n) is 4.72. The van der Waals surface area contributed by atoms with Crippen LogP contribution in [0.15, 0.2) is 18.3 Å². The van der Waals surface area contributed by atoms with E-state index in [2.05, 4.69) is 15.2 Å². The lowest BCUT2D eigenvalue weighted by molar-refractivity contribution is -0.122. The molecule has 18 heavy (non-hydrogen) atoms. The number of hydrogen-bond donors (Lipinski definition) is 2. The number of nitrogens with two attached hydrogens (primary N) is 1. The first-order chi connectivity index (χ1) is 8.66. The van der Waals surface area contributed by atoms with Crippen LogP contribution in [0.2, 0.25) is 0 Å².